The fraction of sp³-hybridized carbons (Fsp3) is 0.400. The summed E-state index contributed by atoms with van der Waals surface area (Å²) in [6.07, 6.45) is 0.906. The van der Waals surface area contributed by atoms with Crippen molar-refractivity contribution in [2.75, 3.05) is 5.73 Å². The van der Waals surface area contributed by atoms with E-state index >= 15 is 0 Å². The van der Waals surface area contributed by atoms with Gasteiger partial charge in [0.1, 0.15) is 0 Å². The number of rotatable bonds is 2. The standard InChI is InChI=1S/C10H13Cl2NO/c1-3-5(2)8-6(11)4-7(13)10(14)9(8)12/h4-5,14H,3,13H2,1-2H3. The highest BCUT2D eigenvalue weighted by Crippen LogP contribution is 2.42. The van der Waals surface area contributed by atoms with Crippen molar-refractivity contribution < 1.29 is 5.11 Å². The van der Waals surface area contributed by atoms with Gasteiger partial charge >= 0.3 is 0 Å². The molecule has 4 heteroatoms. The number of nitrogen functional groups attached to an aromatic ring is 1. The number of hydrogen-bond donors (Lipinski definition) is 2. The van der Waals surface area contributed by atoms with Crippen LogP contribution in [0.25, 0.3) is 0 Å². The van der Waals surface area contributed by atoms with E-state index in [1.54, 1.807) is 0 Å². The van der Waals surface area contributed by atoms with Crippen molar-refractivity contribution in [3.8, 4) is 5.75 Å². The van der Waals surface area contributed by atoms with Gasteiger partial charge in [0.05, 0.1) is 10.7 Å². The Hall–Kier alpha value is -0.600. The number of benzene rings is 1. The van der Waals surface area contributed by atoms with Crippen LogP contribution in [0.3, 0.4) is 0 Å². The Balaban J connectivity index is 3.36. The first-order valence-corrected chi connectivity index (χ1v) is 5.20. The lowest BCUT2D eigenvalue weighted by Gasteiger charge is -2.15. The van der Waals surface area contributed by atoms with Crippen LogP contribution in [0.4, 0.5) is 5.69 Å². The molecule has 0 amide bonds. The lowest BCUT2D eigenvalue weighted by Crippen LogP contribution is -1.97. The number of nitrogens with two attached hydrogens (primary N) is 1. The normalized spacial score (nSPS) is 12.9. The molecule has 2 nitrogen and oxygen atoms in total. The van der Waals surface area contributed by atoms with Crippen LogP contribution in [0.1, 0.15) is 31.7 Å². The minimum Gasteiger partial charge on any atom is -0.504 e. The fourth-order valence-corrected chi connectivity index (χ4v) is 2.14. The maximum absolute atomic E-state index is 9.54. The van der Waals surface area contributed by atoms with Gasteiger partial charge in [-0.15, -0.1) is 0 Å². The van der Waals surface area contributed by atoms with Crippen molar-refractivity contribution in [2.45, 2.75) is 26.2 Å². The Morgan fingerprint density at radius 1 is 1.50 bits per heavy atom. The van der Waals surface area contributed by atoms with Gasteiger partial charge in [-0.25, -0.2) is 0 Å². The lowest BCUT2D eigenvalue weighted by molar-refractivity contribution is 0.476. The molecule has 0 aliphatic heterocycles. The minimum absolute atomic E-state index is 0.0774. The van der Waals surface area contributed by atoms with Crippen LogP contribution in [0.2, 0.25) is 10.0 Å². The molecule has 0 heterocycles. The molecule has 1 unspecified atom stereocenters. The van der Waals surface area contributed by atoms with Gasteiger partial charge in [-0.2, -0.15) is 0 Å². The topological polar surface area (TPSA) is 46.2 Å². The van der Waals surface area contributed by atoms with E-state index in [-0.39, 0.29) is 22.4 Å². The number of phenolic OH excluding ortho intramolecular Hbond substituents is 1. The molecule has 0 aliphatic carbocycles. The second-order valence-corrected chi connectivity index (χ2v) is 4.12. The molecule has 14 heavy (non-hydrogen) atoms. The van der Waals surface area contributed by atoms with E-state index in [0.29, 0.717) is 5.02 Å². The summed E-state index contributed by atoms with van der Waals surface area (Å²) in [6.45, 7) is 4.04. The van der Waals surface area contributed by atoms with E-state index in [1.807, 2.05) is 13.8 Å². The van der Waals surface area contributed by atoms with Gasteiger partial charge < -0.3 is 10.8 Å². The number of phenols is 1. The van der Waals surface area contributed by atoms with Crippen molar-refractivity contribution in [3.63, 3.8) is 0 Å². The van der Waals surface area contributed by atoms with Crippen LogP contribution >= 0.6 is 23.2 Å². The highest BCUT2D eigenvalue weighted by Gasteiger charge is 2.17. The first-order chi connectivity index (χ1) is 6.49. The fourth-order valence-electron chi connectivity index (χ4n) is 1.30. The van der Waals surface area contributed by atoms with E-state index in [2.05, 4.69) is 0 Å². The molecular weight excluding hydrogens is 221 g/mol. The smallest absolute Gasteiger partial charge is 0.157 e. The van der Waals surface area contributed by atoms with E-state index < -0.39 is 0 Å². The molecule has 0 bridgehead atoms. The summed E-state index contributed by atoms with van der Waals surface area (Å²) < 4.78 is 0. The van der Waals surface area contributed by atoms with Gasteiger partial charge in [-0.3, -0.25) is 0 Å². The van der Waals surface area contributed by atoms with Crippen molar-refractivity contribution in [1.82, 2.24) is 0 Å². The Bertz CT molecular complexity index is 352. The first kappa shape index (κ1) is 11.5. The number of anilines is 1. The van der Waals surface area contributed by atoms with Crippen LogP contribution in [-0.4, -0.2) is 5.11 Å². The van der Waals surface area contributed by atoms with Gasteiger partial charge in [0, 0.05) is 5.02 Å². The summed E-state index contributed by atoms with van der Waals surface area (Å²) in [4.78, 5) is 0. The van der Waals surface area contributed by atoms with Gasteiger partial charge in [-0.05, 0) is 24.0 Å². The Labute approximate surface area is 93.6 Å². The number of halogens is 2. The molecule has 0 fully saturated rings. The van der Waals surface area contributed by atoms with E-state index in [4.69, 9.17) is 28.9 Å². The summed E-state index contributed by atoms with van der Waals surface area (Å²) in [5, 5.41) is 10.3. The third-order valence-electron chi connectivity index (χ3n) is 2.36. The second kappa shape index (κ2) is 4.28. The van der Waals surface area contributed by atoms with Gasteiger partial charge in [0.2, 0.25) is 0 Å². The quantitative estimate of drug-likeness (QED) is 0.603. The van der Waals surface area contributed by atoms with Crippen LogP contribution in [0, 0.1) is 0 Å². The zero-order valence-electron chi connectivity index (χ0n) is 8.14. The van der Waals surface area contributed by atoms with Crippen LogP contribution in [0.5, 0.6) is 5.75 Å². The van der Waals surface area contributed by atoms with Crippen molar-refractivity contribution in [2.24, 2.45) is 0 Å². The Kier molecular flexibility index (Phi) is 3.51. The predicted octanol–water partition coefficient (Wildman–Crippen LogP) is 3.79. The molecule has 1 atom stereocenters. The predicted molar refractivity (Wildman–Crippen MR) is 61.2 cm³/mol. The molecule has 78 valence electrons. The maximum Gasteiger partial charge on any atom is 0.157 e. The van der Waals surface area contributed by atoms with Crippen molar-refractivity contribution >= 4 is 28.9 Å². The van der Waals surface area contributed by atoms with E-state index in [9.17, 15) is 5.11 Å². The number of hydrogen-bond acceptors (Lipinski definition) is 2. The summed E-state index contributed by atoms with van der Waals surface area (Å²) in [6, 6.07) is 1.53. The molecular formula is C10H13Cl2NO. The molecule has 0 aromatic heterocycles. The first-order valence-electron chi connectivity index (χ1n) is 4.45. The molecule has 1 aromatic carbocycles. The molecule has 1 rings (SSSR count). The van der Waals surface area contributed by atoms with Gasteiger partial charge in [-0.1, -0.05) is 37.0 Å². The summed E-state index contributed by atoms with van der Waals surface area (Å²) in [5.74, 6) is 0.132. The highest BCUT2D eigenvalue weighted by atomic mass is 35.5. The van der Waals surface area contributed by atoms with Crippen molar-refractivity contribution in [1.29, 1.82) is 0 Å². The average molecular weight is 234 g/mol. The molecule has 0 aliphatic rings. The SMILES string of the molecule is CCC(C)c1c(Cl)cc(N)c(O)c1Cl. The third kappa shape index (κ3) is 1.91. The maximum atomic E-state index is 9.54. The summed E-state index contributed by atoms with van der Waals surface area (Å²) in [7, 11) is 0. The van der Waals surface area contributed by atoms with E-state index in [1.165, 1.54) is 6.07 Å². The van der Waals surface area contributed by atoms with Crippen LogP contribution in [0.15, 0.2) is 6.07 Å². The Morgan fingerprint density at radius 3 is 2.57 bits per heavy atom. The molecule has 1 aromatic rings. The summed E-state index contributed by atoms with van der Waals surface area (Å²) >= 11 is 12.0. The molecule has 3 N–H and O–H groups in total. The largest absolute Gasteiger partial charge is 0.504 e. The molecule has 0 radical (unpaired) electrons. The number of aromatic hydroxyl groups is 1. The third-order valence-corrected chi connectivity index (χ3v) is 3.06. The minimum atomic E-state index is -0.0774. The Morgan fingerprint density at radius 2 is 2.07 bits per heavy atom. The summed E-state index contributed by atoms with van der Waals surface area (Å²) in [5.41, 5.74) is 6.49. The van der Waals surface area contributed by atoms with Crippen LogP contribution in [-0.2, 0) is 0 Å². The monoisotopic (exact) mass is 233 g/mol. The van der Waals surface area contributed by atoms with Gasteiger partial charge in [0.25, 0.3) is 0 Å². The van der Waals surface area contributed by atoms with Crippen LogP contribution < -0.4 is 5.73 Å². The molecule has 0 saturated carbocycles. The zero-order valence-corrected chi connectivity index (χ0v) is 9.65. The van der Waals surface area contributed by atoms with Crippen molar-refractivity contribution in [3.05, 3.63) is 21.7 Å². The average Bonchev–Trinajstić information content (AvgIpc) is 2.14. The molecule has 0 saturated heterocycles. The lowest BCUT2D eigenvalue weighted by atomic mass is 9.98. The van der Waals surface area contributed by atoms with Gasteiger partial charge in [0.15, 0.2) is 5.75 Å². The van der Waals surface area contributed by atoms with E-state index in [0.717, 1.165) is 12.0 Å². The highest BCUT2D eigenvalue weighted by molar-refractivity contribution is 6.37. The zero-order chi connectivity index (χ0) is 10.9. The second-order valence-electron chi connectivity index (χ2n) is 3.33. The molecule has 0 spiro atoms.